The van der Waals surface area contributed by atoms with Gasteiger partial charge in [0.15, 0.2) is 5.65 Å². The van der Waals surface area contributed by atoms with Crippen molar-refractivity contribution in [3.8, 4) is 0 Å². The maximum atomic E-state index is 12.3. The van der Waals surface area contributed by atoms with E-state index in [0.29, 0.717) is 19.5 Å². The lowest BCUT2D eigenvalue weighted by Gasteiger charge is -2.07. The number of para-hydroxylation sites is 1. The van der Waals surface area contributed by atoms with Gasteiger partial charge in [0, 0.05) is 30.2 Å². The van der Waals surface area contributed by atoms with Crippen LogP contribution in [0.2, 0.25) is 0 Å². The van der Waals surface area contributed by atoms with Crippen molar-refractivity contribution in [1.29, 1.82) is 0 Å². The molecule has 0 spiro atoms. The lowest BCUT2D eigenvalue weighted by Crippen LogP contribution is -2.28. The molecule has 144 valence electrons. The first-order chi connectivity index (χ1) is 13.8. The molecule has 0 saturated carbocycles. The van der Waals surface area contributed by atoms with Crippen molar-refractivity contribution in [2.24, 2.45) is 0 Å². The van der Waals surface area contributed by atoms with Gasteiger partial charge < -0.3 is 15.6 Å². The van der Waals surface area contributed by atoms with Gasteiger partial charge in [-0.3, -0.25) is 4.79 Å². The molecule has 0 atom stereocenters. The fourth-order valence-electron chi connectivity index (χ4n) is 3.26. The fraction of sp³-hybridized carbons (Fsp3) is 0.300. The Hall–Kier alpha value is -3.42. The number of carbonyl (C=O) groups is 1. The number of hydrogen-bond donors (Lipinski definition) is 3. The molecule has 3 heterocycles. The van der Waals surface area contributed by atoms with Crippen molar-refractivity contribution in [3.63, 3.8) is 0 Å². The summed E-state index contributed by atoms with van der Waals surface area (Å²) in [7, 11) is 0. The minimum Gasteiger partial charge on any atom is -0.369 e. The molecule has 0 radical (unpaired) electrons. The minimum absolute atomic E-state index is 0.0128. The number of benzene rings is 1. The van der Waals surface area contributed by atoms with Crippen LogP contribution in [-0.2, 0) is 17.8 Å². The van der Waals surface area contributed by atoms with Crippen LogP contribution in [0.1, 0.15) is 18.9 Å². The maximum absolute atomic E-state index is 12.3. The van der Waals surface area contributed by atoms with Gasteiger partial charge in [0.05, 0.1) is 24.5 Å². The molecule has 3 N–H and O–H groups in total. The number of nitrogens with zero attached hydrogens (tertiary/aromatic N) is 4. The second-order valence-electron chi connectivity index (χ2n) is 6.64. The summed E-state index contributed by atoms with van der Waals surface area (Å²) in [4.78, 5) is 24.1. The number of H-pyrrole nitrogens is 1. The largest absolute Gasteiger partial charge is 0.369 e. The van der Waals surface area contributed by atoms with Gasteiger partial charge in [-0.2, -0.15) is 5.10 Å². The monoisotopic (exact) mass is 377 g/mol. The summed E-state index contributed by atoms with van der Waals surface area (Å²) in [6.45, 7) is 3.99. The molecule has 4 aromatic rings. The van der Waals surface area contributed by atoms with Crippen molar-refractivity contribution in [3.05, 3.63) is 48.5 Å². The van der Waals surface area contributed by atoms with E-state index >= 15 is 0 Å². The first-order valence-electron chi connectivity index (χ1n) is 9.48. The summed E-state index contributed by atoms with van der Waals surface area (Å²) in [5, 5.41) is 12.6. The van der Waals surface area contributed by atoms with Crippen LogP contribution in [-0.4, -0.2) is 43.7 Å². The number of aromatic nitrogens is 5. The Balaban J connectivity index is 1.36. The molecular formula is C20H23N7O. The van der Waals surface area contributed by atoms with Gasteiger partial charge in [-0.15, -0.1) is 0 Å². The molecule has 3 aromatic heterocycles. The molecule has 8 nitrogen and oxygen atoms in total. The zero-order valence-electron chi connectivity index (χ0n) is 15.8. The van der Waals surface area contributed by atoms with Crippen LogP contribution in [0.4, 0.5) is 5.82 Å². The van der Waals surface area contributed by atoms with Gasteiger partial charge >= 0.3 is 0 Å². The molecule has 1 amide bonds. The van der Waals surface area contributed by atoms with E-state index in [0.717, 1.165) is 46.3 Å². The van der Waals surface area contributed by atoms with Crippen LogP contribution in [0.5, 0.6) is 0 Å². The number of aromatic amines is 1. The van der Waals surface area contributed by atoms with E-state index in [1.165, 1.54) is 6.33 Å². The molecule has 4 rings (SSSR count). The van der Waals surface area contributed by atoms with Crippen LogP contribution < -0.4 is 10.6 Å². The van der Waals surface area contributed by atoms with Crippen molar-refractivity contribution in [2.75, 3.05) is 18.4 Å². The van der Waals surface area contributed by atoms with E-state index in [2.05, 4.69) is 37.6 Å². The lowest BCUT2D eigenvalue weighted by molar-refractivity contribution is -0.120. The van der Waals surface area contributed by atoms with Gasteiger partial charge in [0.2, 0.25) is 5.91 Å². The number of anilines is 1. The molecule has 0 aliphatic heterocycles. The van der Waals surface area contributed by atoms with E-state index < -0.39 is 0 Å². The number of rotatable bonds is 8. The van der Waals surface area contributed by atoms with Crippen molar-refractivity contribution in [1.82, 2.24) is 30.0 Å². The molecule has 1 aromatic carbocycles. The predicted octanol–water partition coefficient (Wildman–Crippen LogP) is 2.49. The molecule has 28 heavy (non-hydrogen) atoms. The molecule has 0 aliphatic rings. The number of nitrogens with one attached hydrogen (secondary N) is 3. The Kier molecular flexibility index (Phi) is 5.18. The number of hydrogen-bond acceptors (Lipinski definition) is 5. The molecule has 0 saturated heterocycles. The zero-order valence-corrected chi connectivity index (χ0v) is 15.8. The van der Waals surface area contributed by atoms with E-state index in [-0.39, 0.29) is 5.91 Å². The second kappa shape index (κ2) is 8.08. The maximum Gasteiger partial charge on any atom is 0.224 e. The van der Waals surface area contributed by atoms with Crippen LogP contribution in [0.15, 0.2) is 43.0 Å². The molecule has 0 fully saturated rings. The van der Waals surface area contributed by atoms with Gasteiger partial charge in [0.25, 0.3) is 0 Å². The van der Waals surface area contributed by atoms with E-state index in [9.17, 15) is 4.79 Å². The topological polar surface area (TPSA) is 101 Å². The Labute approximate surface area is 162 Å². The molecule has 8 heteroatoms. The highest BCUT2D eigenvalue weighted by Gasteiger charge is 2.11. The minimum atomic E-state index is -0.0128. The van der Waals surface area contributed by atoms with E-state index in [1.54, 1.807) is 10.9 Å². The molecular weight excluding hydrogens is 354 g/mol. The lowest BCUT2D eigenvalue weighted by atomic mass is 10.1. The van der Waals surface area contributed by atoms with Crippen molar-refractivity contribution < 1.29 is 4.79 Å². The summed E-state index contributed by atoms with van der Waals surface area (Å²) < 4.78 is 1.79. The highest BCUT2D eigenvalue weighted by Crippen LogP contribution is 2.19. The summed E-state index contributed by atoms with van der Waals surface area (Å²) >= 11 is 0. The van der Waals surface area contributed by atoms with Gasteiger partial charge in [0.1, 0.15) is 12.1 Å². The highest BCUT2D eigenvalue weighted by atomic mass is 16.1. The third kappa shape index (κ3) is 3.66. The zero-order chi connectivity index (χ0) is 19.3. The molecule has 0 unspecified atom stereocenters. The number of amides is 1. The van der Waals surface area contributed by atoms with Crippen LogP contribution in [0, 0.1) is 0 Å². The smallest absolute Gasteiger partial charge is 0.224 e. The van der Waals surface area contributed by atoms with Gasteiger partial charge in [-0.1, -0.05) is 25.1 Å². The van der Waals surface area contributed by atoms with Crippen molar-refractivity contribution in [2.45, 2.75) is 26.3 Å². The summed E-state index contributed by atoms with van der Waals surface area (Å²) in [6, 6.07) is 7.98. The third-order valence-electron chi connectivity index (χ3n) is 4.65. The number of carbonyl (C=O) groups excluding carboxylic acids is 1. The summed E-state index contributed by atoms with van der Waals surface area (Å²) in [5.41, 5.74) is 2.80. The average Bonchev–Trinajstić information content (AvgIpc) is 3.31. The molecule has 0 aliphatic carbocycles. The predicted molar refractivity (Wildman–Crippen MR) is 109 cm³/mol. The highest BCUT2D eigenvalue weighted by molar-refractivity contribution is 5.89. The third-order valence-corrected chi connectivity index (χ3v) is 4.65. The Morgan fingerprint density at radius 1 is 1.18 bits per heavy atom. The average molecular weight is 377 g/mol. The van der Waals surface area contributed by atoms with E-state index in [1.807, 2.05) is 30.5 Å². The van der Waals surface area contributed by atoms with Gasteiger partial charge in [-0.25, -0.2) is 14.6 Å². The normalized spacial score (nSPS) is 11.2. The number of fused-ring (bicyclic) bond motifs is 2. The standard InChI is InChI=1S/C20H23N7O/c1-2-7-22-19-16-12-26-27(20(16)25-13-24-19)9-8-21-18(28)10-14-11-23-17-6-4-3-5-15(14)17/h3-6,11-13,23H,2,7-10H2,1H3,(H,21,28)(H,22,24,25). The van der Waals surface area contributed by atoms with Crippen molar-refractivity contribution >= 4 is 33.7 Å². The van der Waals surface area contributed by atoms with Crippen LogP contribution in [0.25, 0.3) is 21.9 Å². The van der Waals surface area contributed by atoms with Crippen LogP contribution >= 0.6 is 0 Å². The summed E-state index contributed by atoms with van der Waals surface area (Å²) in [6.07, 6.45) is 6.56. The first kappa shape index (κ1) is 18.0. The Morgan fingerprint density at radius 3 is 2.96 bits per heavy atom. The summed E-state index contributed by atoms with van der Waals surface area (Å²) in [5.74, 6) is 0.780. The van der Waals surface area contributed by atoms with E-state index in [4.69, 9.17) is 0 Å². The fourth-order valence-corrected chi connectivity index (χ4v) is 3.26. The second-order valence-corrected chi connectivity index (χ2v) is 6.64. The quantitative estimate of drug-likeness (QED) is 0.438. The SMILES string of the molecule is CCCNc1ncnc2c1cnn2CCNC(=O)Cc1c[nH]c2ccccc12. The Morgan fingerprint density at radius 2 is 2.07 bits per heavy atom. The molecule has 0 bridgehead atoms. The van der Waals surface area contributed by atoms with Gasteiger partial charge in [-0.05, 0) is 18.1 Å². The Bertz CT molecular complexity index is 1100. The first-order valence-corrected chi connectivity index (χ1v) is 9.48. The van der Waals surface area contributed by atoms with Crippen LogP contribution in [0.3, 0.4) is 0 Å².